The van der Waals surface area contributed by atoms with E-state index in [1.807, 2.05) is 0 Å². The van der Waals surface area contributed by atoms with Crippen molar-refractivity contribution >= 4 is 10.9 Å². The van der Waals surface area contributed by atoms with Gasteiger partial charge in [0.05, 0.1) is 0 Å². The number of nitrogens with zero attached hydrogens (tertiary/aromatic N) is 1. The molecule has 0 aliphatic heterocycles. The van der Waals surface area contributed by atoms with E-state index in [4.69, 9.17) is 0 Å². The van der Waals surface area contributed by atoms with Crippen LogP contribution in [0.5, 0.6) is 0 Å². The maximum atomic E-state index is 4.14. The normalized spacial score (nSPS) is 12.5. The Kier molecular flexibility index (Phi) is 3.89. The average Bonchev–Trinajstić information content (AvgIpc) is 2.83. The highest BCUT2D eigenvalue weighted by Gasteiger charge is 2.19. The summed E-state index contributed by atoms with van der Waals surface area (Å²) in [6.07, 6.45) is 3.26. The Morgan fingerprint density at radius 2 is 1.77 bits per heavy atom. The van der Waals surface area contributed by atoms with Crippen LogP contribution in [-0.2, 0) is 7.05 Å². The third-order valence-electron chi connectivity index (χ3n) is 4.34. The van der Waals surface area contributed by atoms with E-state index in [-0.39, 0.29) is 0 Å². The molecule has 112 valence electrons. The molecule has 1 unspecified atom stereocenters. The molecule has 0 N–H and O–H groups in total. The molecule has 0 radical (unpaired) electrons. The van der Waals surface area contributed by atoms with Crippen molar-refractivity contribution in [3.05, 3.63) is 83.6 Å². The predicted octanol–water partition coefficient (Wildman–Crippen LogP) is 5.58. The second kappa shape index (κ2) is 5.84. The highest BCUT2D eigenvalue weighted by molar-refractivity contribution is 5.85. The fourth-order valence-corrected chi connectivity index (χ4v) is 3.21. The average molecular weight is 289 g/mol. The van der Waals surface area contributed by atoms with Gasteiger partial charge >= 0.3 is 0 Å². The van der Waals surface area contributed by atoms with Crippen LogP contribution in [0.3, 0.4) is 0 Å². The Hall–Kier alpha value is -2.28. The van der Waals surface area contributed by atoms with Crippen LogP contribution < -0.4 is 0 Å². The number of aryl methyl sites for hydroxylation is 2. The zero-order valence-electron chi connectivity index (χ0n) is 13.6. The van der Waals surface area contributed by atoms with Crippen molar-refractivity contribution in [3.63, 3.8) is 0 Å². The summed E-state index contributed by atoms with van der Waals surface area (Å²) in [7, 11) is 2.12. The Balaban J connectivity index is 2.16. The topological polar surface area (TPSA) is 4.93 Å². The SMILES string of the molecule is C=C(C)CC(c1ccc(C)cc1)c1cn(C)c2ccccc12. The van der Waals surface area contributed by atoms with E-state index >= 15 is 0 Å². The quantitative estimate of drug-likeness (QED) is 0.552. The molecule has 2 aromatic carbocycles. The molecule has 0 aliphatic carbocycles. The van der Waals surface area contributed by atoms with E-state index in [1.54, 1.807) is 0 Å². The summed E-state index contributed by atoms with van der Waals surface area (Å²) in [5.41, 5.74) is 6.57. The number of benzene rings is 2. The number of hydrogen-bond acceptors (Lipinski definition) is 0. The summed E-state index contributed by atoms with van der Waals surface area (Å²) < 4.78 is 2.23. The molecule has 1 heterocycles. The molecule has 0 aliphatic rings. The Bertz CT molecular complexity index is 806. The third kappa shape index (κ3) is 2.71. The van der Waals surface area contributed by atoms with Crippen molar-refractivity contribution in [1.29, 1.82) is 0 Å². The zero-order chi connectivity index (χ0) is 15.7. The fraction of sp³-hybridized carbons (Fsp3) is 0.238. The van der Waals surface area contributed by atoms with Gasteiger partial charge in [-0.3, -0.25) is 0 Å². The smallest absolute Gasteiger partial charge is 0.0480 e. The van der Waals surface area contributed by atoms with Crippen LogP contribution >= 0.6 is 0 Å². The molecule has 0 bridgehead atoms. The van der Waals surface area contributed by atoms with Gasteiger partial charge in [-0.1, -0.05) is 53.6 Å². The molecule has 1 atom stereocenters. The lowest BCUT2D eigenvalue weighted by Crippen LogP contribution is -2.01. The minimum absolute atomic E-state index is 0.365. The number of aromatic nitrogens is 1. The van der Waals surface area contributed by atoms with Gasteiger partial charge in [0.1, 0.15) is 0 Å². The van der Waals surface area contributed by atoms with Gasteiger partial charge in [0.25, 0.3) is 0 Å². The lowest BCUT2D eigenvalue weighted by Gasteiger charge is -2.18. The van der Waals surface area contributed by atoms with Gasteiger partial charge in [-0.25, -0.2) is 0 Å². The van der Waals surface area contributed by atoms with Gasteiger partial charge in [0.15, 0.2) is 0 Å². The second-order valence-corrected chi connectivity index (χ2v) is 6.34. The van der Waals surface area contributed by atoms with Crippen LogP contribution in [0.4, 0.5) is 0 Å². The van der Waals surface area contributed by atoms with Crippen LogP contribution in [0.15, 0.2) is 66.9 Å². The van der Waals surface area contributed by atoms with E-state index in [0.29, 0.717) is 5.92 Å². The number of para-hydroxylation sites is 1. The van der Waals surface area contributed by atoms with Crippen LogP contribution in [0.1, 0.15) is 36.0 Å². The summed E-state index contributed by atoms with van der Waals surface area (Å²) in [5, 5.41) is 1.34. The van der Waals surface area contributed by atoms with Gasteiger partial charge in [-0.05, 0) is 37.5 Å². The van der Waals surface area contributed by atoms with Gasteiger partial charge in [0, 0.05) is 30.1 Å². The maximum absolute atomic E-state index is 4.14. The lowest BCUT2D eigenvalue weighted by molar-refractivity contribution is 0.796. The molecular weight excluding hydrogens is 266 g/mol. The summed E-state index contributed by atoms with van der Waals surface area (Å²) in [6.45, 7) is 8.40. The number of hydrogen-bond donors (Lipinski definition) is 0. The Morgan fingerprint density at radius 1 is 1.09 bits per heavy atom. The minimum Gasteiger partial charge on any atom is -0.350 e. The summed E-state index contributed by atoms with van der Waals surface area (Å²) >= 11 is 0. The number of rotatable bonds is 4. The first kappa shape index (κ1) is 14.6. The van der Waals surface area contributed by atoms with Crippen LogP contribution in [0, 0.1) is 6.92 Å². The van der Waals surface area contributed by atoms with Crippen molar-refractivity contribution in [1.82, 2.24) is 4.57 Å². The van der Waals surface area contributed by atoms with Crippen molar-refractivity contribution < 1.29 is 0 Å². The van der Waals surface area contributed by atoms with Gasteiger partial charge < -0.3 is 4.57 Å². The Morgan fingerprint density at radius 3 is 2.45 bits per heavy atom. The molecule has 0 spiro atoms. The number of fused-ring (bicyclic) bond motifs is 1. The largest absolute Gasteiger partial charge is 0.350 e. The molecule has 0 amide bonds. The van der Waals surface area contributed by atoms with Crippen LogP contribution in [0.2, 0.25) is 0 Å². The molecule has 1 aromatic heterocycles. The fourth-order valence-electron chi connectivity index (χ4n) is 3.21. The highest BCUT2D eigenvalue weighted by Crippen LogP contribution is 2.36. The minimum atomic E-state index is 0.365. The lowest BCUT2D eigenvalue weighted by atomic mass is 9.86. The van der Waals surface area contributed by atoms with Gasteiger partial charge in [-0.2, -0.15) is 0 Å². The standard InChI is InChI=1S/C21H23N/c1-15(2)13-19(17-11-9-16(3)10-12-17)20-14-22(4)21-8-6-5-7-18(20)21/h5-12,14,19H,1,13H2,2-4H3. The van der Waals surface area contributed by atoms with E-state index in [0.717, 1.165) is 6.42 Å². The third-order valence-corrected chi connectivity index (χ3v) is 4.34. The van der Waals surface area contributed by atoms with E-state index in [9.17, 15) is 0 Å². The van der Waals surface area contributed by atoms with E-state index in [2.05, 4.69) is 86.8 Å². The molecule has 3 rings (SSSR count). The summed E-state index contributed by atoms with van der Waals surface area (Å²) in [5.74, 6) is 0.365. The first-order chi connectivity index (χ1) is 10.6. The van der Waals surface area contributed by atoms with Crippen LogP contribution in [-0.4, -0.2) is 4.57 Å². The molecule has 1 nitrogen and oxygen atoms in total. The van der Waals surface area contributed by atoms with E-state index in [1.165, 1.54) is 33.2 Å². The predicted molar refractivity (Wildman–Crippen MR) is 95.4 cm³/mol. The molecule has 0 fully saturated rings. The first-order valence-corrected chi connectivity index (χ1v) is 7.81. The summed E-state index contributed by atoms with van der Waals surface area (Å²) in [6, 6.07) is 17.5. The van der Waals surface area contributed by atoms with Gasteiger partial charge in [0.2, 0.25) is 0 Å². The van der Waals surface area contributed by atoms with Crippen molar-refractivity contribution in [2.24, 2.45) is 7.05 Å². The molecule has 22 heavy (non-hydrogen) atoms. The molecule has 3 aromatic rings. The van der Waals surface area contributed by atoms with Crippen molar-refractivity contribution in [2.45, 2.75) is 26.2 Å². The zero-order valence-corrected chi connectivity index (χ0v) is 13.6. The molecular formula is C21H23N. The van der Waals surface area contributed by atoms with Crippen molar-refractivity contribution in [2.75, 3.05) is 0 Å². The monoisotopic (exact) mass is 289 g/mol. The second-order valence-electron chi connectivity index (χ2n) is 6.34. The molecule has 1 heteroatoms. The van der Waals surface area contributed by atoms with Crippen molar-refractivity contribution in [3.8, 4) is 0 Å². The maximum Gasteiger partial charge on any atom is 0.0480 e. The van der Waals surface area contributed by atoms with E-state index < -0.39 is 0 Å². The van der Waals surface area contributed by atoms with Gasteiger partial charge in [-0.15, -0.1) is 6.58 Å². The number of allylic oxidation sites excluding steroid dienone is 1. The molecule has 0 saturated heterocycles. The van der Waals surface area contributed by atoms with Crippen LogP contribution in [0.25, 0.3) is 10.9 Å². The highest BCUT2D eigenvalue weighted by atomic mass is 14.9. The first-order valence-electron chi connectivity index (χ1n) is 7.81. The summed E-state index contributed by atoms with van der Waals surface area (Å²) in [4.78, 5) is 0. The molecule has 0 saturated carbocycles. The Labute approximate surface area is 132 Å².